The molecule has 20 heavy (non-hydrogen) atoms. The van der Waals surface area contributed by atoms with Crippen LogP contribution in [0.2, 0.25) is 0 Å². The molecule has 4 heteroatoms. The molecule has 0 bridgehead atoms. The number of aromatic nitrogens is 1. The number of aryl methyl sites for hydroxylation is 1. The molecule has 2 aromatic rings. The van der Waals surface area contributed by atoms with Crippen LogP contribution in [0.1, 0.15) is 24.1 Å². The minimum absolute atomic E-state index is 0.461. The number of aromatic amines is 1. The van der Waals surface area contributed by atoms with Crippen molar-refractivity contribution < 1.29 is 4.74 Å². The molecule has 0 aliphatic carbocycles. The van der Waals surface area contributed by atoms with E-state index in [-0.39, 0.29) is 0 Å². The molecule has 1 unspecified atom stereocenters. The van der Waals surface area contributed by atoms with E-state index < -0.39 is 0 Å². The Labute approximate surface area is 120 Å². The molecule has 0 fully saturated rings. The average Bonchev–Trinajstić information content (AvgIpc) is 2.78. The van der Waals surface area contributed by atoms with Crippen LogP contribution in [0.4, 0.5) is 0 Å². The van der Waals surface area contributed by atoms with Crippen molar-refractivity contribution in [1.29, 1.82) is 0 Å². The minimum atomic E-state index is 0.461. The van der Waals surface area contributed by atoms with Gasteiger partial charge in [-0.15, -0.1) is 0 Å². The van der Waals surface area contributed by atoms with Gasteiger partial charge in [-0.3, -0.25) is 0 Å². The Kier molecular flexibility index (Phi) is 5.04. The van der Waals surface area contributed by atoms with Crippen molar-refractivity contribution in [3.63, 3.8) is 0 Å². The molecule has 1 aromatic heterocycles. The molecular formula is C16H25N3O. The van der Waals surface area contributed by atoms with Crippen molar-refractivity contribution in [2.45, 2.75) is 32.2 Å². The van der Waals surface area contributed by atoms with E-state index in [9.17, 15) is 0 Å². The predicted molar refractivity (Wildman–Crippen MR) is 84.4 cm³/mol. The van der Waals surface area contributed by atoms with Crippen LogP contribution < -0.4 is 15.8 Å². The first-order chi connectivity index (χ1) is 9.69. The second-order valence-electron chi connectivity index (χ2n) is 5.26. The standard InChI is InChI=1S/C16H25N3O/c1-11-14(9-12(18-2)5-4-8-17)15-10-13(20-3)6-7-16(15)19-11/h6-7,10,12,18-19H,4-5,8-9,17H2,1-3H3. The van der Waals surface area contributed by atoms with Gasteiger partial charge in [-0.25, -0.2) is 0 Å². The molecular weight excluding hydrogens is 250 g/mol. The lowest BCUT2D eigenvalue weighted by molar-refractivity contribution is 0.415. The van der Waals surface area contributed by atoms with Crippen molar-refractivity contribution in [2.75, 3.05) is 20.7 Å². The molecule has 0 spiro atoms. The molecule has 0 amide bonds. The zero-order chi connectivity index (χ0) is 14.5. The second kappa shape index (κ2) is 6.77. The van der Waals surface area contributed by atoms with Crippen molar-refractivity contribution in [1.82, 2.24) is 10.3 Å². The number of likely N-dealkylation sites (N-methyl/N-ethyl adjacent to an activating group) is 1. The molecule has 0 radical (unpaired) electrons. The zero-order valence-corrected chi connectivity index (χ0v) is 12.6. The third-order valence-corrected chi connectivity index (χ3v) is 3.94. The summed E-state index contributed by atoms with van der Waals surface area (Å²) >= 11 is 0. The van der Waals surface area contributed by atoms with E-state index in [1.165, 1.54) is 22.2 Å². The molecule has 2 rings (SSSR count). The number of benzene rings is 1. The fourth-order valence-electron chi connectivity index (χ4n) is 2.71. The van der Waals surface area contributed by atoms with E-state index in [1.807, 2.05) is 13.1 Å². The Bertz CT molecular complexity index is 562. The summed E-state index contributed by atoms with van der Waals surface area (Å²) in [5.74, 6) is 0.903. The summed E-state index contributed by atoms with van der Waals surface area (Å²) < 4.78 is 5.34. The fourth-order valence-corrected chi connectivity index (χ4v) is 2.71. The number of nitrogens with one attached hydrogen (secondary N) is 2. The highest BCUT2D eigenvalue weighted by Gasteiger charge is 2.14. The van der Waals surface area contributed by atoms with Crippen molar-refractivity contribution in [3.8, 4) is 5.75 Å². The van der Waals surface area contributed by atoms with E-state index in [4.69, 9.17) is 10.5 Å². The number of rotatable bonds is 7. The van der Waals surface area contributed by atoms with Crippen molar-refractivity contribution in [3.05, 3.63) is 29.5 Å². The monoisotopic (exact) mass is 275 g/mol. The number of hydrogen-bond donors (Lipinski definition) is 3. The SMILES string of the molecule is CNC(CCCN)Cc1c(C)[nH]c2ccc(OC)cc12. The van der Waals surface area contributed by atoms with Gasteiger partial charge in [0.2, 0.25) is 0 Å². The summed E-state index contributed by atoms with van der Waals surface area (Å²) in [7, 11) is 3.73. The third kappa shape index (κ3) is 3.14. The van der Waals surface area contributed by atoms with Crippen LogP contribution in [0.5, 0.6) is 5.75 Å². The first kappa shape index (κ1) is 14.9. The van der Waals surface area contributed by atoms with Crippen LogP contribution in [-0.4, -0.2) is 31.7 Å². The van der Waals surface area contributed by atoms with Gasteiger partial charge in [-0.1, -0.05) is 0 Å². The van der Waals surface area contributed by atoms with Gasteiger partial charge in [0.05, 0.1) is 7.11 Å². The van der Waals surface area contributed by atoms with Crippen LogP contribution in [0, 0.1) is 6.92 Å². The van der Waals surface area contributed by atoms with Crippen LogP contribution in [-0.2, 0) is 6.42 Å². The summed E-state index contributed by atoms with van der Waals surface area (Å²) in [5, 5.41) is 4.65. The minimum Gasteiger partial charge on any atom is -0.497 e. The van der Waals surface area contributed by atoms with E-state index in [0.717, 1.165) is 31.6 Å². The van der Waals surface area contributed by atoms with Gasteiger partial charge in [-0.05, 0) is 63.5 Å². The number of fused-ring (bicyclic) bond motifs is 1. The van der Waals surface area contributed by atoms with Gasteiger partial charge in [0.1, 0.15) is 5.75 Å². The lowest BCUT2D eigenvalue weighted by atomic mass is 9.99. The number of ether oxygens (including phenoxy) is 1. The number of H-pyrrole nitrogens is 1. The maximum Gasteiger partial charge on any atom is 0.119 e. The van der Waals surface area contributed by atoms with Crippen LogP contribution in [0.25, 0.3) is 10.9 Å². The van der Waals surface area contributed by atoms with Crippen LogP contribution in [0.15, 0.2) is 18.2 Å². The molecule has 1 heterocycles. The van der Waals surface area contributed by atoms with Crippen molar-refractivity contribution in [2.24, 2.45) is 5.73 Å². The Morgan fingerprint density at radius 2 is 2.20 bits per heavy atom. The highest BCUT2D eigenvalue weighted by molar-refractivity contribution is 5.86. The van der Waals surface area contributed by atoms with Gasteiger partial charge in [0, 0.05) is 22.6 Å². The number of methoxy groups -OCH3 is 1. The lowest BCUT2D eigenvalue weighted by Gasteiger charge is -2.16. The first-order valence-electron chi connectivity index (χ1n) is 7.22. The number of nitrogens with two attached hydrogens (primary N) is 1. The molecule has 110 valence electrons. The molecule has 1 aromatic carbocycles. The van der Waals surface area contributed by atoms with Gasteiger partial charge in [0.15, 0.2) is 0 Å². The maximum atomic E-state index is 5.61. The third-order valence-electron chi connectivity index (χ3n) is 3.94. The van der Waals surface area contributed by atoms with Gasteiger partial charge >= 0.3 is 0 Å². The van der Waals surface area contributed by atoms with E-state index >= 15 is 0 Å². The summed E-state index contributed by atoms with van der Waals surface area (Å²) in [6.45, 7) is 2.89. The normalized spacial score (nSPS) is 12.8. The second-order valence-corrected chi connectivity index (χ2v) is 5.26. The first-order valence-corrected chi connectivity index (χ1v) is 7.22. The molecule has 0 saturated carbocycles. The van der Waals surface area contributed by atoms with Crippen LogP contribution in [0.3, 0.4) is 0 Å². The topological polar surface area (TPSA) is 63.1 Å². The van der Waals surface area contributed by atoms with E-state index in [1.54, 1.807) is 7.11 Å². The maximum absolute atomic E-state index is 5.61. The van der Waals surface area contributed by atoms with Gasteiger partial charge < -0.3 is 20.8 Å². The Balaban J connectivity index is 2.29. The Hall–Kier alpha value is -1.52. The molecule has 0 aliphatic rings. The molecule has 4 nitrogen and oxygen atoms in total. The average molecular weight is 275 g/mol. The number of hydrogen-bond acceptors (Lipinski definition) is 3. The lowest BCUT2D eigenvalue weighted by Crippen LogP contribution is -2.28. The molecule has 4 N–H and O–H groups in total. The highest BCUT2D eigenvalue weighted by atomic mass is 16.5. The van der Waals surface area contributed by atoms with Crippen molar-refractivity contribution >= 4 is 10.9 Å². The summed E-state index contributed by atoms with van der Waals surface area (Å²) in [5.41, 5.74) is 9.39. The highest BCUT2D eigenvalue weighted by Crippen LogP contribution is 2.27. The zero-order valence-electron chi connectivity index (χ0n) is 12.6. The molecule has 1 atom stereocenters. The van der Waals surface area contributed by atoms with Gasteiger partial charge in [0.25, 0.3) is 0 Å². The Morgan fingerprint density at radius 1 is 1.40 bits per heavy atom. The van der Waals surface area contributed by atoms with Gasteiger partial charge in [-0.2, -0.15) is 0 Å². The summed E-state index contributed by atoms with van der Waals surface area (Å²) in [6.07, 6.45) is 3.16. The fraction of sp³-hybridized carbons (Fsp3) is 0.500. The molecule has 0 aliphatic heterocycles. The Morgan fingerprint density at radius 3 is 2.85 bits per heavy atom. The van der Waals surface area contributed by atoms with E-state index in [0.29, 0.717) is 6.04 Å². The van der Waals surface area contributed by atoms with E-state index in [2.05, 4.69) is 29.4 Å². The smallest absolute Gasteiger partial charge is 0.119 e. The quantitative estimate of drug-likeness (QED) is 0.727. The van der Waals surface area contributed by atoms with Crippen LogP contribution >= 0.6 is 0 Å². The summed E-state index contributed by atoms with van der Waals surface area (Å²) in [4.78, 5) is 3.46. The molecule has 0 saturated heterocycles. The summed E-state index contributed by atoms with van der Waals surface area (Å²) in [6, 6.07) is 6.65. The largest absolute Gasteiger partial charge is 0.497 e. The predicted octanol–water partition coefficient (Wildman–Crippen LogP) is 2.35.